The van der Waals surface area contributed by atoms with Crippen LogP contribution in [0.4, 0.5) is 5.82 Å². The van der Waals surface area contributed by atoms with E-state index < -0.39 is 0 Å². The molecule has 106 valence electrons. The molecule has 0 radical (unpaired) electrons. The summed E-state index contributed by atoms with van der Waals surface area (Å²) >= 11 is 18.1. The second-order valence-electron chi connectivity index (χ2n) is 5.26. The molecule has 0 unspecified atom stereocenters. The summed E-state index contributed by atoms with van der Waals surface area (Å²) in [6.07, 6.45) is 2.30. The summed E-state index contributed by atoms with van der Waals surface area (Å²) in [6.45, 7) is 3.06. The van der Waals surface area contributed by atoms with Gasteiger partial charge < -0.3 is 9.80 Å². The largest absolute Gasteiger partial charge is 0.355 e. The molecule has 1 aromatic rings. The number of pyridine rings is 1. The topological polar surface area (TPSA) is 19.4 Å². The van der Waals surface area contributed by atoms with E-state index in [9.17, 15) is 0 Å². The van der Waals surface area contributed by atoms with Crippen LogP contribution in [-0.2, 0) is 0 Å². The number of piperidine rings is 1. The van der Waals surface area contributed by atoms with Crippen LogP contribution in [0.2, 0.25) is 15.2 Å². The smallest absolute Gasteiger partial charge is 0.150 e. The number of hydrogen-bond acceptors (Lipinski definition) is 3. The van der Waals surface area contributed by atoms with Gasteiger partial charge in [-0.1, -0.05) is 34.8 Å². The molecule has 2 rings (SSSR count). The second-order valence-corrected chi connectivity index (χ2v) is 6.43. The molecule has 0 aromatic carbocycles. The van der Waals surface area contributed by atoms with E-state index in [4.69, 9.17) is 34.8 Å². The molecule has 0 aliphatic carbocycles. The van der Waals surface area contributed by atoms with Crippen LogP contribution in [0.1, 0.15) is 12.8 Å². The Hall–Kier alpha value is -0.220. The van der Waals surface area contributed by atoms with Gasteiger partial charge in [0.25, 0.3) is 0 Å². The third-order valence-corrected chi connectivity index (χ3v) is 4.36. The lowest BCUT2D eigenvalue weighted by Gasteiger charge is -2.34. The summed E-state index contributed by atoms with van der Waals surface area (Å²) < 4.78 is 0. The first kappa shape index (κ1) is 15.2. The fourth-order valence-corrected chi connectivity index (χ4v) is 3.11. The fraction of sp³-hybridized carbons (Fsp3) is 0.615. The highest BCUT2D eigenvalue weighted by atomic mass is 35.5. The molecule has 6 heteroatoms. The maximum absolute atomic E-state index is 6.20. The molecule has 0 amide bonds. The Balaban J connectivity index is 2.03. The molecule has 0 N–H and O–H groups in total. The van der Waals surface area contributed by atoms with Crippen LogP contribution in [-0.4, -0.2) is 43.6 Å². The van der Waals surface area contributed by atoms with Crippen molar-refractivity contribution < 1.29 is 0 Å². The fourth-order valence-electron chi connectivity index (χ4n) is 2.50. The predicted molar refractivity (Wildman–Crippen MR) is 82.8 cm³/mol. The molecular weight excluding hydrogens is 305 g/mol. The van der Waals surface area contributed by atoms with Gasteiger partial charge in [-0.25, -0.2) is 4.98 Å². The van der Waals surface area contributed by atoms with Crippen molar-refractivity contribution in [3.8, 4) is 0 Å². The van der Waals surface area contributed by atoms with E-state index in [0.29, 0.717) is 15.2 Å². The Morgan fingerprint density at radius 3 is 2.42 bits per heavy atom. The Morgan fingerprint density at radius 1 is 1.21 bits per heavy atom. The Morgan fingerprint density at radius 2 is 1.84 bits per heavy atom. The molecule has 1 aromatic heterocycles. The first-order valence-electron chi connectivity index (χ1n) is 6.38. The molecule has 0 atom stereocenters. The maximum atomic E-state index is 6.20. The van der Waals surface area contributed by atoms with Crippen molar-refractivity contribution >= 4 is 40.6 Å². The van der Waals surface area contributed by atoms with E-state index in [2.05, 4.69) is 28.9 Å². The molecule has 0 bridgehead atoms. The van der Waals surface area contributed by atoms with E-state index in [1.54, 1.807) is 6.07 Å². The van der Waals surface area contributed by atoms with Crippen molar-refractivity contribution in [1.29, 1.82) is 0 Å². The van der Waals surface area contributed by atoms with Gasteiger partial charge in [-0.15, -0.1) is 0 Å². The van der Waals surface area contributed by atoms with Gasteiger partial charge in [0.15, 0.2) is 0 Å². The van der Waals surface area contributed by atoms with Crippen LogP contribution in [0.15, 0.2) is 6.07 Å². The summed E-state index contributed by atoms with van der Waals surface area (Å²) in [7, 11) is 4.23. The Kier molecular flexibility index (Phi) is 5.18. The van der Waals surface area contributed by atoms with Gasteiger partial charge in [-0.3, -0.25) is 0 Å². The summed E-state index contributed by atoms with van der Waals surface area (Å²) in [4.78, 5) is 8.73. The van der Waals surface area contributed by atoms with Gasteiger partial charge in [0, 0.05) is 19.6 Å². The maximum Gasteiger partial charge on any atom is 0.150 e. The van der Waals surface area contributed by atoms with Crippen molar-refractivity contribution in [3.05, 3.63) is 21.3 Å². The lowest BCUT2D eigenvalue weighted by atomic mass is 9.96. The third-order valence-electron chi connectivity index (χ3n) is 3.41. The standard InChI is InChI=1S/C13H18Cl3N3/c1-18(2)8-9-3-5-19(6-4-9)13-11(15)7-10(14)12(16)17-13/h7,9H,3-6,8H2,1-2H3. The molecule has 0 saturated carbocycles. The molecule has 1 fully saturated rings. The minimum Gasteiger partial charge on any atom is -0.355 e. The van der Waals surface area contributed by atoms with Crippen molar-refractivity contribution in [2.75, 3.05) is 38.6 Å². The van der Waals surface area contributed by atoms with Crippen LogP contribution in [0, 0.1) is 5.92 Å². The number of anilines is 1. The third kappa shape index (κ3) is 3.88. The van der Waals surface area contributed by atoms with Gasteiger partial charge in [0.2, 0.25) is 0 Å². The van der Waals surface area contributed by atoms with E-state index in [0.717, 1.165) is 44.2 Å². The van der Waals surface area contributed by atoms with E-state index in [1.807, 2.05) is 0 Å². The SMILES string of the molecule is CN(C)CC1CCN(c2nc(Cl)c(Cl)cc2Cl)CC1. The van der Waals surface area contributed by atoms with Crippen molar-refractivity contribution in [3.63, 3.8) is 0 Å². The van der Waals surface area contributed by atoms with E-state index in [1.165, 1.54) is 0 Å². The molecular formula is C13H18Cl3N3. The van der Waals surface area contributed by atoms with E-state index in [-0.39, 0.29) is 0 Å². The normalized spacial score (nSPS) is 17.3. The molecule has 0 spiro atoms. The highest BCUT2D eigenvalue weighted by Gasteiger charge is 2.22. The lowest BCUT2D eigenvalue weighted by Crippen LogP contribution is -2.37. The van der Waals surface area contributed by atoms with Gasteiger partial charge in [-0.05, 0) is 38.9 Å². The Bertz CT molecular complexity index is 443. The molecule has 1 saturated heterocycles. The van der Waals surface area contributed by atoms with Crippen LogP contribution >= 0.6 is 34.8 Å². The predicted octanol–water partition coefficient (Wildman–Crippen LogP) is 3.82. The summed E-state index contributed by atoms with van der Waals surface area (Å²) in [5.41, 5.74) is 0. The van der Waals surface area contributed by atoms with Gasteiger partial charge in [0.05, 0.1) is 10.0 Å². The zero-order valence-electron chi connectivity index (χ0n) is 11.2. The van der Waals surface area contributed by atoms with Crippen LogP contribution < -0.4 is 4.90 Å². The zero-order chi connectivity index (χ0) is 14.0. The summed E-state index contributed by atoms with van der Waals surface area (Å²) in [5, 5.41) is 1.29. The van der Waals surface area contributed by atoms with E-state index >= 15 is 0 Å². The number of nitrogens with zero attached hydrogens (tertiary/aromatic N) is 3. The first-order chi connectivity index (χ1) is 8.97. The highest BCUT2D eigenvalue weighted by Crippen LogP contribution is 2.33. The minimum atomic E-state index is 0.316. The molecule has 3 nitrogen and oxygen atoms in total. The van der Waals surface area contributed by atoms with Gasteiger partial charge >= 0.3 is 0 Å². The van der Waals surface area contributed by atoms with Crippen LogP contribution in [0.25, 0.3) is 0 Å². The average molecular weight is 323 g/mol. The molecule has 19 heavy (non-hydrogen) atoms. The first-order valence-corrected chi connectivity index (χ1v) is 7.52. The number of aromatic nitrogens is 1. The average Bonchev–Trinajstić information content (AvgIpc) is 2.34. The number of halogens is 3. The lowest BCUT2D eigenvalue weighted by molar-refractivity contribution is 0.284. The highest BCUT2D eigenvalue weighted by molar-refractivity contribution is 6.42. The van der Waals surface area contributed by atoms with Crippen molar-refractivity contribution in [1.82, 2.24) is 9.88 Å². The van der Waals surface area contributed by atoms with Gasteiger partial charge in [-0.2, -0.15) is 0 Å². The molecule has 2 heterocycles. The molecule has 1 aliphatic heterocycles. The monoisotopic (exact) mass is 321 g/mol. The quantitative estimate of drug-likeness (QED) is 0.789. The zero-order valence-corrected chi connectivity index (χ0v) is 13.4. The Labute approximate surface area is 129 Å². The van der Waals surface area contributed by atoms with Crippen molar-refractivity contribution in [2.24, 2.45) is 5.92 Å². The van der Waals surface area contributed by atoms with Crippen molar-refractivity contribution in [2.45, 2.75) is 12.8 Å². The van der Waals surface area contributed by atoms with Crippen LogP contribution in [0.5, 0.6) is 0 Å². The second kappa shape index (κ2) is 6.49. The summed E-state index contributed by atoms with van der Waals surface area (Å²) in [6, 6.07) is 1.67. The number of rotatable bonds is 3. The van der Waals surface area contributed by atoms with Gasteiger partial charge in [0.1, 0.15) is 11.0 Å². The minimum absolute atomic E-state index is 0.316. The number of hydrogen-bond donors (Lipinski definition) is 0. The summed E-state index contributed by atoms with van der Waals surface area (Å²) in [5.74, 6) is 1.49. The van der Waals surface area contributed by atoms with Crippen LogP contribution in [0.3, 0.4) is 0 Å². The molecule has 1 aliphatic rings.